The molecule has 4 nitrogen and oxygen atoms in total. The highest BCUT2D eigenvalue weighted by atomic mass is 16.5. The molecule has 0 saturated carbocycles. The van der Waals surface area contributed by atoms with Crippen LogP contribution in [0.3, 0.4) is 0 Å². The summed E-state index contributed by atoms with van der Waals surface area (Å²) < 4.78 is 5.22. The van der Waals surface area contributed by atoms with Gasteiger partial charge in [0.05, 0.1) is 6.54 Å². The van der Waals surface area contributed by atoms with Crippen LogP contribution in [0.15, 0.2) is 34.9 Å². The van der Waals surface area contributed by atoms with Gasteiger partial charge in [-0.25, -0.2) is 0 Å². The van der Waals surface area contributed by atoms with Gasteiger partial charge in [-0.2, -0.15) is 4.98 Å². The molecule has 0 fully saturated rings. The van der Waals surface area contributed by atoms with Crippen molar-refractivity contribution in [2.45, 2.75) is 45.7 Å². The minimum atomic E-state index is 0.0542. The van der Waals surface area contributed by atoms with Crippen molar-refractivity contribution in [3.05, 3.63) is 47.6 Å². The SMILES string of the molecule is CC(C)(C)NCc1nc(CCc2ccccc2)no1. The maximum Gasteiger partial charge on any atom is 0.240 e. The Kier molecular flexibility index (Phi) is 4.32. The fourth-order valence-corrected chi connectivity index (χ4v) is 1.71. The van der Waals surface area contributed by atoms with Crippen LogP contribution in [0.1, 0.15) is 38.0 Å². The summed E-state index contributed by atoms with van der Waals surface area (Å²) in [5.41, 5.74) is 1.35. The smallest absolute Gasteiger partial charge is 0.240 e. The van der Waals surface area contributed by atoms with Crippen molar-refractivity contribution >= 4 is 0 Å². The third kappa shape index (κ3) is 4.83. The number of hydrogen-bond acceptors (Lipinski definition) is 4. The highest BCUT2D eigenvalue weighted by molar-refractivity contribution is 5.15. The average molecular weight is 259 g/mol. The van der Waals surface area contributed by atoms with Gasteiger partial charge in [-0.05, 0) is 32.8 Å². The van der Waals surface area contributed by atoms with E-state index in [0.717, 1.165) is 18.7 Å². The van der Waals surface area contributed by atoms with Crippen LogP contribution in [-0.4, -0.2) is 15.7 Å². The maximum absolute atomic E-state index is 5.22. The summed E-state index contributed by atoms with van der Waals surface area (Å²) in [6.45, 7) is 6.95. The summed E-state index contributed by atoms with van der Waals surface area (Å²) in [7, 11) is 0. The van der Waals surface area contributed by atoms with Gasteiger partial charge in [0.1, 0.15) is 0 Å². The zero-order chi connectivity index (χ0) is 13.7. The summed E-state index contributed by atoms with van der Waals surface area (Å²) in [6.07, 6.45) is 1.75. The lowest BCUT2D eigenvalue weighted by Gasteiger charge is -2.18. The molecule has 0 unspecified atom stereocenters. The van der Waals surface area contributed by atoms with Crippen LogP contribution in [0.2, 0.25) is 0 Å². The van der Waals surface area contributed by atoms with Crippen molar-refractivity contribution in [2.24, 2.45) is 0 Å². The zero-order valence-corrected chi connectivity index (χ0v) is 11.8. The van der Waals surface area contributed by atoms with E-state index in [4.69, 9.17) is 4.52 Å². The van der Waals surface area contributed by atoms with Crippen LogP contribution in [-0.2, 0) is 19.4 Å². The Morgan fingerprint density at radius 1 is 1.11 bits per heavy atom. The molecule has 2 rings (SSSR count). The van der Waals surface area contributed by atoms with E-state index in [1.165, 1.54) is 5.56 Å². The molecule has 2 aromatic rings. The highest BCUT2D eigenvalue weighted by Crippen LogP contribution is 2.06. The zero-order valence-electron chi connectivity index (χ0n) is 11.8. The van der Waals surface area contributed by atoms with Crippen molar-refractivity contribution in [3.8, 4) is 0 Å². The molecular formula is C15H21N3O. The Morgan fingerprint density at radius 3 is 2.53 bits per heavy atom. The van der Waals surface area contributed by atoms with Crippen LogP contribution < -0.4 is 5.32 Å². The molecule has 0 bridgehead atoms. The first kappa shape index (κ1) is 13.7. The molecule has 1 heterocycles. The van der Waals surface area contributed by atoms with E-state index in [1.54, 1.807) is 0 Å². The van der Waals surface area contributed by atoms with Crippen LogP contribution in [0.4, 0.5) is 0 Å². The van der Waals surface area contributed by atoms with Crippen molar-refractivity contribution in [3.63, 3.8) is 0 Å². The molecule has 19 heavy (non-hydrogen) atoms. The number of hydrogen-bond donors (Lipinski definition) is 1. The van der Waals surface area contributed by atoms with Crippen molar-refractivity contribution < 1.29 is 4.52 Å². The summed E-state index contributed by atoms with van der Waals surface area (Å²) >= 11 is 0. The summed E-state index contributed by atoms with van der Waals surface area (Å²) in [5.74, 6) is 1.42. The summed E-state index contributed by atoms with van der Waals surface area (Å²) in [4.78, 5) is 4.39. The van der Waals surface area contributed by atoms with Crippen LogP contribution in [0.5, 0.6) is 0 Å². The van der Waals surface area contributed by atoms with Gasteiger partial charge in [0.25, 0.3) is 0 Å². The van der Waals surface area contributed by atoms with E-state index in [9.17, 15) is 0 Å². The Bertz CT molecular complexity index is 500. The lowest BCUT2D eigenvalue weighted by Crippen LogP contribution is -2.35. The van der Waals surface area contributed by atoms with E-state index in [2.05, 4.69) is 48.4 Å². The number of nitrogens with zero attached hydrogens (tertiary/aromatic N) is 2. The van der Waals surface area contributed by atoms with Gasteiger partial charge in [0.15, 0.2) is 5.82 Å². The molecule has 0 radical (unpaired) electrons. The molecule has 4 heteroatoms. The molecule has 0 aliphatic rings. The normalized spacial score (nSPS) is 11.7. The minimum absolute atomic E-state index is 0.0542. The number of nitrogens with one attached hydrogen (secondary N) is 1. The Balaban J connectivity index is 1.84. The molecule has 102 valence electrons. The molecule has 0 spiro atoms. The third-order valence-corrected chi connectivity index (χ3v) is 2.76. The quantitative estimate of drug-likeness (QED) is 0.897. The van der Waals surface area contributed by atoms with Crippen LogP contribution in [0, 0.1) is 0 Å². The van der Waals surface area contributed by atoms with Gasteiger partial charge >= 0.3 is 0 Å². The van der Waals surface area contributed by atoms with Gasteiger partial charge in [-0.3, -0.25) is 0 Å². The largest absolute Gasteiger partial charge is 0.338 e. The second-order valence-electron chi connectivity index (χ2n) is 5.69. The van der Waals surface area contributed by atoms with E-state index < -0.39 is 0 Å². The Hall–Kier alpha value is -1.68. The van der Waals surface area contributed by atoms with Crippen molar-refractivity contribution in [1.29, 1.82) is 0 Å². The van der Waals surface area contributed by atoms with Crippen LogP contribution >= 0.6 is 0 Å². The first-order valence-electron chi connectivity index (χ1n) is 6.63. The van der Waals surface area contributed by atoms with Gasteiger partial charge in [0, 0.05) is 12.0 Å². The third-order valence-electron chi connectivity index (χ3n) is 2.76. The second-order valence-corrected chi connectivity index (χ2v) is 5.69. The lowest BCUT2D eigenvalue weighted by molar-refractivity contribution is 0.333. The first-order chi connectivity index (χ1) is 9.03. The van der Waals surface area contributed by atoms with Gasteiger partial charge < -0.3 is 9.84 Å². The summed E-state index contributed by atoms with van der Waals surface area (Å²) in [6, 6.07) is 10.3. The Labute approximate surface area is 114 Å². The van der Waals surface area contributed by atoms with Gasteiger partial charge in [-0.1, -0.05) is 35.5 Å². The molecule has 0 aliphatic carbocycles. The van der Waals surface area contributed by atoms with Crippen LogP contribution in [0.25, 0.3) is 0 Å². The number of aromatic nitrogens is 2. The second kappa shape index (κ2) is 5.97. The molecule has 1 N–H and O–H groups in total. The van der Waals surface area contributed by atoms with Gasteiger partial charge in [0.2, 0.25) is 5.89 Å². The van der Waals surface area contributed by atoms with E-state index in [0.29, 0.717) is 12.4 Å². The molecule has 0 saturated heterocycles. The molecule has 0 atom stereocenters. The predicted molar refractivity (Wildman–Crippen MR) is 74.7 cm³/mol. The Morgan fingerprint density at radius 2 is 1.84 bits per heavy atom. The topological polar surface area (TPSA) is 51.0 Å². The average Bonchev–Trinajstić information content (AvgIpc) is 2.82. The molecule has 1 aromatic carbocycles. The van der Waals surface area contributed by atoms with E-state index in [-0.39, 0.29) is 5.54 Å². The van der Waals surface area contributed by atoms with E-state index in [1.807, 2.05) is 18.2 Å². The molecule has 1 aromatic heterocycles. The van der Waals surface area contributed by atoms with Gasteiger partial charge in [-0.15, -0.1) is 0 Å². The first-order valence-corrected chi connectivity index (χ1v) is 6.63. The van der Waals surface area contributed by atoms with Crippen molar-refractivity contribution in [2.75, 3.05) is 0 Å². The maximum atomic E-state index is 5.22. The standard InChI is InChI=1S/C15H21N3O/c1-15(2,3)16-11-14-17-13(18-19-14)10-9-12-7-5-4-6-8-12/h4-8,16H,9-11H2,1-3H3. The number of benzene rings is 1. The lowest BCUT2D eigenvalue weighted by atomic mass is 10.1. The molecule has 0 aliphatic heterocycles. The molecule has 0 amide bonds. The molecular weight excluding hydrogens is 238 g/mol. The van der Waals surface area contributed by atoms with Crippen molar-refractivity contribution in [1.82, 2.24) is 15.5 Å². The summed E-state index contributed by atoms with van der Waals surface area (Å²) in [5, 5.41) is 7.33. The fourth-order valence-electron chi connectivity index (χ4n) is 1.71. The highest BCUT2D eigenvalue weighted by Gasteiger charge is 2.12. The van der Waals surface area contributed by atoms with E-state index >= 15 is 0 Å². The predicted octanol–water partition coefficient (Wildman–Crippen LogP) is 2.74. The minimum Gasteiger partial charge on any atom is -0.338 e. The number of aryl methyl sites for hydroxylation is 2. The fraction of sp³-hybridized carbons (Fsp3) is 0.467. The number of rotatable bonds is 5. The monoisotopic (exact) mass is 259 g/mol.